The van der Waals surface area contributed by atoms with Gasteiger partial charge in [-0.1, -0.05) is 35.9 Å². The molecule has 1 aliphatic rings. The Labute approximate surface area is 187 Å². The van der Waals surface area contributed by atoms with E-state index in [0.717, 1.165) is 16.8 Å². The molecule has 1 fully saturated rings. The minimum absolute atomic E-state index is 0.0144. The Hall–Kier alpha value is -3.06. The highest BCUT2D eigenvalue weighted by Gasteiger charge is 2.34. The predicted molar refractivity (Wildman–Crippen MR) is 124 cm³/mol. The molecule has 8 heteroatoms. The van der Waals surface area contributed by atoms with Gasteiger partial charge in [-0.3, -0.25) is 14.5 Å². The van der Waals surface area contributed by atoms with Crippen LogP contribution < -0.4 is 15.1 Å². The Morgan fingerprint density at radius 1 is 1.26 bits per heavy atom. The van der Waals surface area contributed by atoms with Crippen molar-refractivity contribution in [3.8, 4) is 11.1 Å². The third-order valence-corrected chi connectivity index (χ3v) is 5.91. The van der Waals surface area contributed by atoms with Gasteiger partial charge >= 0.3 is 6.03 Å². The molecule has 3 rings (SSSR count). The first-order valence-electron chi connectivity index (χ1n) is 10.3. The molecule has 1 heterocycles. The molecule has 1 saturated heterocycles. The zero-order valence-electron chi connectivity index (χ0n) is 18.0. The van der Waals surface area contributed by atoms with E-state index in [4.69, 9.17) is 11.6 Å². The maximum atomic E-state index is 12.6. The molecule has 1 atom stereocenters. The molecule has 1 N–H and O–H groups in total. The van der Waals surface area contributed by atoms with Gasteiger partial charge in [0.1, 0.15) is 0 Å². The highest BCUT2D eigenvalue weighted by molar-refractivity contribution is 6.36. The topological polar surface area (TPSA) is 73.0 Å². The molecule has 7 nitrogen and oxygen atoms in total. The van der Waals surface area contributed by atoms with Gasteiger partial charge in [0.05, 0.1) is 16.8 Å². The molecule has 4 amide bonds. The second kappa shape index (κ2) is 9.83. The fourth-order valence-corrected chi connectivity index (χ4v) is 4.14. The van der Waals surface area contributed by atoms with Crippen LogP contribution in [0.4, 0.5) is 16.2 Å². The van der Waals surface area contributed by atoms with Gasteiger partial charge < -0.3 is 15.1 Å². The second-order valence-electron chi connectivity index (χ2n) is 7.45. The van der Waals surface area contributed by atoms with Crippen molar-refractivity contribution in [1.82, 2.24) is 10.2 Å². The molecular formula is C23H27ClN4O3. The molecule has 164 valence electrons. The van der Waals surface area contributed by atoms with Crippen molar-refractivity contribution in [1.29, 1.82) is 0 Å². The van der Waals surface area contributed by atoms with E-state index >= 15 is 0 Å². The molecule has 0 bridgehead atoms. The number of halogens is 1. The largest absolute Gasteiger partial charge is 0.359 e. The summed E-state index contributed by atoms with van der Waals surface area (Å²) in [7, 11) is 1.56. The van der Waals surface area contributed by atoms with E-state index in [-0.39, 0.29) is 30.9 Å². The molecule has 0 saturated carbocycles. The van der Waals surface area contributed by atoms with Crippen LogP contribution in [0.2, 0.25) is 5.02 Å². The van der Waals surface area contributed by atoms with Gasteiger partial charge in [-0.2, -0.15) is 0 Å². The quantitative estimate of drug-likeness (QED) is 0.632. The number of carbonyl (C=O) groups excluding carboxylic acids is 3. The van der Waals surface area contributed by atoms with Crippen molar-refractivity contribution in [3.63, 3.8) is 0 Å². The predicted octanol–water partition coefficient (Wildman–Crippen LogP) is 3.76. The summed E-state index contributed by atoms with van der Waals surface area (Å²) >= 11 is 6.64. The van der Waals surface area contributed by atoms with Gasteiger partial charge in [0.2, 0.25) is 12.3 Å². The van der Waals surface area contributed by atoms with Crippen LogP contribution in [0.15, 0.2) is 42.5 Å². The van der Waals surface area contributed by atoms with Crippen LogP contribution in [0.3, 0.4) is 0 Å². The lowest BCUT2D eigenvalue weighted by Gasteiger charge is -2.22. The van der Waals surface area contributed by atoms with Gasteiger partial charge in [0.15, 0.2) is 0 Å². The first-order chi connectivity index (χ1) is 14.9. The minimum atomic E-state index is -0.151. The maximum absolute atomic E-state index is 12.6. The number of nitrogens with zero attached hydrogens (tertiary/aromatic N) is 3. The fraction of sp³-hybridized carbons (Fsp3) is 0.348. The number of benzene rings is 2. The number of hydrogen-bond acceptors (Lipinski definition) is 3. The highest BCUT2D eigenvalue weighted by atomic mass is 35.5. The fourth-order valence-electron chi connectivity index (χ4n) is 3.79. The van der Waals surface area contributed by atoms with E-state index in [2.05, 4.69) is 5.32 Å². The number of anilines is 2. The summed E-state index contributed by atoms with van der Waals surface area (Å²) in [5, 5.41) is 2.98. The minimum Gasteiger partial charge on any atom is -0.359 e. The van der Waals surface area contributed by atoms with Crippen molar-refractivity contribution in [2.24, 2.45) is 0 Å². The van der Waals surface area contributed by atoms with Gasteiger partial charge in [0.25, 0.3) is 0 Å². The van der Waals surface area contributed by atoms with E-state index < -0.39 is 0 Å². The van der Waals surface area contributed by atoms with Crippen LogP contribution in [0, 0.1) is 0 Å². The van der Waals surface area contributed by atoms with Crippen molar-refractivity contribution >= 4 is 41.3 Å². The summed E-state index contributed by atoms with van der Waals surface area (Å²) in [6.45, 7) is 5.64. The van der Waals surface area contributed by atoms with Crippen LogP contribution >= 0.6 is 11.6 Å². The molecule has 0 aliphatic carbocycles. The lowest BCUT2D eigenvalue weighted by molar-refractivity contribution is -0.120. The highest BCUT2D eigenvalue weighted by Crippen LogP contribution is 2.36. The third kappa shape index (κ3) is 4.66. The Morgan fingerprint density at radius 3 is 2.55 bits per heavy atom. The van der Waals surface area contributed by atoms with Gasteiger partial charge in [0, 0.05) is 44.4 Å². The van der Waals surface area contributed by atoms with Gasteiger partial charge in [-0.25, -0.2) is 4.79 Å². The molecule has 1 aliphatic heterocycles. The van der Waals surface area contributed by atoms with Crippen LogP contribution in [0.5, 0.6) is 0 Å². The monoisotopic (exact) mass is 442 g/mol. The zero-order chi connectivity index (χ0) is 22.5. The number of carbonyl (C=O) groups is 3. The second-order valence-corrected chi connectivity index (χ2v) is 7.83. The summed E-state index contributed by atoms with van der Waals surface area (Å²) in [5.41, 5.74) is 3.03. The number of nitrogens with one attached hydrogen (secondary N) is 1. The first kappa shape index (κ1) is 22.6. The van der Waals surface area contributed by atoms with Crippen LogP contribution in [0.25, 0.3) is 11.1 Å². The van der Waals surface area contributed by atoms with Crippen LogP contribution in [-0.4, -0.2) is 56.0 Å². The van der Waals surface area contributed by atoms with Crippen molar-refractivity contribution in [3.05, 3.63) is 47.5 Å². The SMILES string of the molecule is CCN1CC(C)N(c2ccc(-c3cccc(N(C=O)CCC(=O)NC)c3Cl)cc2)C1=O. The normalized spacial score (nSPS) is 15.9. The zero-order valence-corrected chi connectivity index (χ0v) is 18.7. The maximum Gasteiger partial charge on any atom is 0.324 e. The average molecular weight is 443 g/mol. The average Bonchev–Trinajstić information content (AvgIpc) is 3.08. The molecule has 2 aromatic carbocycles. The smallest absolute Gasteiger partial charge is 0.324 e. The Balaban J connectivity index is 1.85. The molecule has 0 spiro atoms. The lowest BCUT2D eigenvalue weighted by Crippen LogP contribution is -2.33. The van der Waals surface area contributed by atoms with E-state index in [1.165, 1.54) is 4.90 Å². The van der Waals surface area contributed by atoms with Crippen LogP contribution in [-0.2, 0) is 9.59 Å². The number of likely N-dealkylation sites (N-methyl/N-ethyl adjacent to an activating group) is 1. The third-order valence-electron chi connectivity index (χ3n) is 5.51. The summed E-state index contributed by atoms with van der Waals surface area (Å²) in [4.78, 5) is 40.8. The molecule has 31 heavy (non-hydrogen) atoms. The Kier molecular flexibility index (Phi) is 7.17. The molecule has 0 radical (unpaired) electrons. The van der Waals surface area contributed by atoms with Gasteiger partial charge in [-0.05, 0) is 37.6 Å². The van der Waals surface area contributed by atoms with E-state index in [1.54, 1.807) is 18.0 Å². The number of urea groups is 1. The molecular weight excluding hydrogens is 416 g/mol. The van der Waals surface area contributed by atoms with Gasteiger partial charge in [-0.15, -0.1) is 0 Å². The summed E-state index contributed by atoms with van der Waals surface area (Å²) in [6, 6.07) is 13.2. The van der Waals surface area contributed by atoms with E-state index in [1.807, 2.05) is 55.1 Å². The van der Waals surface area contributed by atoms with Crippen molar-refractivity contribution in [2.75, 3.05) is 36.5 Å². The van der Waals surface area contributed by atoms with E-state index in [9.17, 15) is 14.4 Å². The number of rotatable bonds is 8. The Morgan fingerprint density at radius 2 is 1.97 bits per heavy atom. The van der Waals surface area contributed by atoms with Crippen molar-refractivity contribution < 1.29 is 14.4 Å². The lowest BCUT2D eigenvalue weighted by atomic mass is 10.0. The molecule has 0 aromatic heterocycles. The molecule has 2 aromatic rings. The Bertz CT molecular complexity index is 964. The number of amides is 4. The van der Waals surface area contributed by atoms with E-state index in [0.29, 0.717) is 30.2 Å². The molecule has 1 unspecified atom stereocenters. The first-order valence-corrected chi connectivity index (χ1v) is 10.7. The summed E-state index contributed by atoms with van der Waals surface area (Å²) < 4.78 is 0. The standard InChI is InChI=1S/C23H27ClN4O3/c1-4-26-14-16(2)28(23(26)31)18-10-8-17(9-11-18)19-6-5-7-20(22(19)24)27(15-29)13-12-21(30)25-3/h5-11,15-16H,4,12-14H2,1-3H3,(H,25,30). The summed E-state index contributed by atoms with van der Waals surface area (Å²) in [6.07, 6.45) is 0.859. The van der Waals surface area contributed by atoms with Crippen molar-refractivity contribution in [2.45, 2.75) is 26.3 Å². The number of hydrogen-bond donors (Lipinski definition) is 1. The van der Waals surface area contributed by atoms with Crippen LogP contribution in [0.1, 0.15) is 20.3 Å². The summed E-state index contributed by atoms with van der Waals surface area (Å²) in [5.74, 6) is -0.151.